The summed E-state index contributed by atoms with van der Waals surface area (Å²) >= 11 is 1.76. The van der Waals surface area contributed by atoms with Gasteiger partial charge in [-0.2, -0.15) is 0 Å². The van der Waals surface area contributed by atoms with E-state index in [0.29, 0.717) is 0 Å². The summed E-state index contributed by atoms with van der Waals surface area (Å²) in [6.07, 6.45) is 0. The Labute approximate surface area is 156 Å². The zero-order valence-corrected chi connectivity index (χ0v) is 17.5. The zero-order chi connectivity index (χ0) is 18.8. The first-order valence-electron chi connectivity index (χ1n) is 8.71. The van der Waals surface area contributed by atoms with Gasteiger partial charge in [0.15, 0.2) is 0 Å². The molecular formula is C22H30O2S. The maximum Gasteiger partial charge on any atom is 0.124 e. The highest BCUT2D eigenvalue weighted by Crippen LogP contribution is 2.39. The molecule has 3 heteroatoms. The Morgan fingerprint density at radius 2 is 1.00 bits per heavy atom. The number of benzene rings is 2. The molecule has 0 spiro atoms. The van der Waals surface area contributed by atoms with Crippen LogP contribution in [0.3, 0.4) is 0 Å². The molecule has 0 radical (unpaired) electrons. The highest BCUT2D eigenvalue weighted by atomic mass is 32.2. The molecule has 0 amide bonds. The molecule has 2 aromatic rings. The second kappa shape index (κ2) is 7.33. The SMILES string of the molecule is Cc1c(OC(C)(C)C)cccc1Sc1cccc(OC(C)(C)C)c1C. The van der Waals surface area contributed by atoms with Gasteiger partial charge in [-0.1, -0.05) is 23.9 Å². The standard InChI is InChI=1S/C22H30O2S/c1-15-17(23-21(3,4)5)11-9-13-19(15)25-20-14-10-12-18(16(20)2)24-22(6,7)8/h9-14H,1-8H3. The van der Waals surface area contributed by atoms with E-state index in [-0.39, 0.29) is 11.2 Å². The lowest BCUT2D eigenvalue weighted by molar-refractivity contribution is 0.129. The van der Waals surface area contributed by atoms with Gasteiger partial charge in [-0.25, -0.2) is 0 Å². The maximum absolute atomic E-state index is 6.09. The molecule has 0 unspecified atom stereocenters. The van der Waals surface area contributed by atoms with E-state index in [4.69, 9.17) is 9.47 Å². The molecule has 0 bridgehead atoms. The average molecular weight is 359 g/mol. The van der Waals surface area contributed by atoms with E-state index >= 15 is 0 Å². The van der Waals surface area contributed by atoms with E-state index in [1.165, 1.54) is 20.9 Å². The van der Waals surface area contributed by atoms with Crippen LogP contribution in [0.15, 0.2) is 46.2 Å². The van der Waals surface area contributed by atoms with E-state index in [9.17, 15) is 0 Å². The summed E-state index contributed by atoms with van der Waals surface area (Å²) in [4.78, 5) is 2.41. The van der Waals surface area contributed by atoms with Crippen LogP contribution in [0.1, 0.15) is 52.7 Å². The molecule has 0 aliphatic rings. The maximum atomic E-state index is 6.09. The van der Waals surface area contributed by atoms with E-state index in [1.807, 2.05) is 12.1 Å². The molecule has 0 fully saturated rings. The molecule has 0 N–H and O–H groups in total. The summed E-state index contributed by atoms with van der Waals surface area (Å²) < 4.78 is 12.2. The predicted molar refractivity (Wildman–Crippen MR) is 107 cm³/mol. The van der Waals surface area contributed by atoms with Crippen LogP contribution in [0.5, 0.6) is 11.5 Å². The van der Waals surface area contributed by atoms with Gasteiger partial charge in [0.05, 0.1) is 0 Å². The highest BCUT2D eigenvalue weighted by molar-refractivity contribution is 7.99. The lowest BCUT2D eigenvalue weighted by Gasteiger charge is -2.24. The Morgan fingerprint density at radius 1 is 0.640 bits per heavy atom. The van der Waals surface area contributed by atoms with Crippen molar-refractivity contribution in [2.45, 2.75) is 76.4 Å². The lowest BCUT2D eigenvalue weighted by Crippen LogP contribution is -2.23. The smallest absolute Gasteiger partial charge is 0.124 e. The third-order valence-electron chi connectivity index (χ3n) is 3.52. The average Bonchev–Trinajstić information content (AvgIpc) is 2.44. The van der Waals surface area contributed by atoms with Crippen molar-refractivity contribution in [3.8, 4) is 11.5 Å². The van der Waals surface area contributed by atoms with Gasteiger partial charge < -0.3 is 9.47 Å². The van der Waals surface area contributed by atoms with E-state index in [2.05, 4.69) is 79.7 Å². The number of rotatable bonds is 4. The first-order valence-corrected chi connectivity index (χ1v) is 9.53. The fourth-order valence-corrected chi connectivity index (χ4v) is 3.45. The highest BCUT2D eigenvalue weighted by Gasteiger charge is 2.17. The van der Waals surface area contributed by atoms with Gasteiger partial charge in [0, 0.05) is 20.9 Å². The summed E-state index contributed by atoms with van der Waals surface area (Å²) in [6.45, 7) is 16.7. The second-order valence-electron chi connectivity index (χ2n) is 8.29. The van der Waals surface area contributed by atoms with Gasteiger partial charge in [-0.3, -0.25) is 0 Å². The van der Waals surface area contributed by atoms with Crippen LogP contribution < -0.4 is 9.47 Å². The number of hydrogen-bond acceptors (Lipinski definition) is 3. The third-order valence-corrected chi connectivity index (χ3v) is 4.85. The Balaban J connectivity index is 2.32. The van der Waals surface area contributed by atoms with Crippen LogP contribution in [0.4, 0.5) is 0 Å². The van der Waals surface area contributed by atoms with E-state index in [1.54, 1.807) is 11.8 Å². The van der Waals surface area contributed by atoms with Crippen molar-refractivity contribution in [2.75, 3.05) is 0 Å². The molecule has 0 saturated heterocycles. The van der Waals surface area contributed by atoms with Gasteiger partial charge in [-0.15, -0.1) is 0 Å². The lowest BCUT2D eigenvalue weighted by atomic mass is 10.1. The molecular weight excluding hydrogens is 328 g/mol. The van der Waals surface area contributed by atoms with Crippen LogP contribution >= 0.6 is 11.8 Å². The summed E-state index contributed by atoms with van der Waals surface area (Å²) in [5.41, 5.74) is 1.93. The molecule has 0 aliphatic carbocycles. The molecule has 0 atom stereocenters. The third kappa shape index (κ3) is 5.71. The normalized spacial score (nSPS) is 12.2. The zero-order valence-electron chi connectivity index (χ0n) is 16.7. The number of ether oxygens (including phenoxy) is 2. The van der Waals surface area contributed by atoms with Gasteiger partial charge in [-0.05, 0) is 79.7 Å². The first kappa shape index (κ1) is 19.7. The van der Waals surface area contributed by atoms with Crippen molar-refractivity contribution in [1.29, 1.82) is 0 Å². The fourth-order valence-electron chi connectivity index (χ4n) is 2.41. The van der Waals surface area contributed by atoms with Crippen molar-refractivity contribution in [3.63, 3.8) is 0 Å². The molecule has 2 nitrogen and oxygen atoms in total. The van der Waals surface area contributed by atoms with Crippen molar-refractivity contribution in [2.24, 2.45) is 0 Å². The van der Waals surface area contributed by atoms with Crippen molar-refractivity contribution >= 4 is 11.8 Å². The predicted octanol–water partition coefficient (Wildman–Crippen LogP) is 6.81. The van der Waals surface area contributed by atoms with Gasteiger partial charge in [0.1, 0.15) is 22.7 Å². The number of hydrogen-bond donors (Lipinski definition) is 0. The molecule has 0 aliphatic heterocycles. The minimum atomic E-state index is -0.204. The molecule has 0 heterocycles. The molecule has 2 rings (SSSR count). The van der Waals surface area contributed by atoms with Crippen LogP contribution in [0.2, 0.25) is 0 Å². The Kier molecular flexibility index (Phi) is 5.78. The monoisotopic (exact) mass is 358 g/mol. The van der Waals surface area contributed by atoms with E-state index < -0.39 is 0 Å². The second-order valence-corrected chi connectivity index (χ2v) is 9.37. The van der Waals surface area contributed by atoms with Gasteiger partial charge >= 0.3 is 0 Å². The van der Waals surface area contributed by atoms with Crippen LogP contribution in [-0.4, -0.2) is 11.2 Å². The Morgan fingerprint density at radius 3 is 1.32 bits per heavy atom. The van der Waals surface area contributed by atoms with E-state index in [0.717, 1.165) is 11.5 Å². The fraction of sp³-hybridized carbons (Fsp3) is 0.455. The Bertz CT molecular complexity index is 673. The Hall–Kier alpha value is -1.61. The first-order chi connectivity index (χ1) is 11.5. The van der Waals surface area contributed by atoms with Crippen molar-refractivity contribution < 1.29 is 9.47 Å². The molecule has 0 saturated carbocycles. The molecule has 2 aromatic carbocycles. The van der Waals surface area contributed by atoms with Crippen molar-refractivity contribution in [3.05, 3.63) is 47.5 Å². The summed E-state index contributed by atoms with van der Waals surface area (Å²) in [5.74, 6) is 1.88. The minimum absolute atomic E-state index is 0.204. The summed E-state index contributed by atoms with van der Waals surface area (Å²) in [6, 6.07) is 12.5. The quantitative estimate of drug-likeness (QED) is 0.598. The molecule has 25 heavy (non-hydrogen) atoms. The van der Waals surface area contributed by atoms with Gasteiger partial charge in [0.2, 0.25) is 0 Å². The van der Waals surface area contributed by atoms with Crippen LogP contribution in [0, 0.1) is 13.8 Å². The molecule has 0 aromatic heterocycles. The van der Waals surface area contributed by atoms with Crippen LogP contribution in [0.25, 0.3) is 0 Å². The largest absolute Gasteiger partial charge is 0.488 e. The summed E-state index contributed by atoms with van der Waals surface area (Å²) in [5, 5.41) is 0. The topological polar surface area (TPSA) is 18.5 Å². The van der Waals surface area contributed by atoms with Crippen LogP contribution in [-0.2, 0) is 0 Å². The molecule has 136 valence electrons. The summed E-state index contributed by atoms with van der Waals surface area (Å²) in [7, 11) is 0. The minimum Gasteiger partial charge on any atom is -0.488 e. The van der Waals surface area contributed by atoms with Gasteiger partial charge in [0.25, 0.3) is 0 Å². The van der Waals surface area contributed by atoms with Crippen molar-refractivity contribution in [1.82, 2.24) is 0 Å².